The molecule has 0 unspecified atom stereocenters. The lowest BCUT2D eigenvalue weighted by atomic mass is 10.2. The monoisotopic (exact) mass is 433 g/mol. The number of aromatic amines is 1. The number of nitrogens with one attached hydrogen (secondary N) is 1. The van der Waals surface area contributed by atoms with Crippen LogP contribution >= 0.6 is 0 Å². The summed E-state index contributed by atoms with van der Waals surface area (Å²) in [5, 5.41) is 10.7. The van der Waals surface area contributed by atoms with Gasteiger partial charge in [0.2, 0.25) is 5.88 Å². The third-order valence-corrected chi connectivity index (χ3v) is 5.45. The van der Waals surface area contributed by atoms with E-state index in [9.17, 15) is 19.5 Å². The van der Waals surface area contributed by atoms with Crippen molar-refractivity contribution in [2.45, 2.75) is 33.9 Å². The van der Waals surface area contributed by atoms with Gasteiger partial charge in [-0.05, 0) is 50.6 Å². The van der Waals surface area contributed by atoms with Crippen LogP contribution in [-0.2, 0) is 13.1 Å². The number of hydrogen-bond acceptors (Lipinski definition) is 5. The van der Waals surface area contributed by atoms with Crippen molar-refractivity contribution in [2.75, 3.05) is 0 Å². The molecule has 0 aliphatic carbocycles. The number of rotatable bonds is 5. The average Bonchev–Trinajstić information content (AvgIpc) is 3.04. The molecule has 2 heterocycles. The number of benzene rings is 2. The lowest BCUT2D eigenvalue weighted by Gasteiger charge is -2.11. The Bertz CT molecular complexity index is 1540. The number of nitrogens with zero attached hydrogens (tertiary/aromatic N) is 4. The van der Waals surface area contributed by atoms with E-state index in [4.69, 9.17) is 0 Å². The molecule has 2 aromatic heterocycles. The van der Waals surface area contributed by atoms with Crippen molar-refractivity contribution in [1.82, 2.24) is 18.7 Å². The topological polar surface area (TPSA) is 114 Å². The Labute approximate surface area is 182 Å². The normalized spacial score (nSPS) is 11.6. The van der Waals surface area contributed by atoms with Gasteiger partial charge in [0.05, 0.1) is 22.4 Å². The number of aliphatic imine (C=N–C) groups is 1. The van der Waals surface area contributed by atoms with Crippen molar-refractivity contribution < 1.29 is 5.11 Å². The molecule has 0 aliphatic rings. The van der Waals surface area contributed by atoms with Gasteiger partial charge in [-0.1, -0.05) is 18.2 Å². The SMILES string of the molecule is CCn1c(=O)n(CC)c2cc(N=Cc3c(O)n(-c4ccccc4C)c(=O)[nH]c3=O)ccc21. The number of aromatic hydroxyl groups is 1. The van der Waals surface area contributed by atoms with Crippen LogP contribution in [0.3, 0.4) is 0 Å². The quantitative estimate of drug-likeness (QED) is 0.471. The van der Waals surface area contributed by atoms with Crippen LogP contribution in [0.4, 0.5) is 5.69 Å². The molecule has 0 bridgehead atoms. The number of hydrogen-bond donors (Lipinski definition) is 2. The molecular weight excluding hydrogens is 410 g/mol. The standard InChI is InChI=1S/C23H23N5O4/c1-4-26-18-11-10-15(12-19(18)27(5-2)23(26)32)24-13-16-20(29)25-22(31)28(21(16)30)17-9-7-6-8-14(17)3/h6-13,30H,4-5H2,1-3H3,(H,25,29,31). The Morgan fingerprint density at radius 2 is 1.69 bits per heavy atom. The number of fused-ring (bicyclic) bond motifs is 1. The van der Waals surface area contributed by atoms with Crippen LogP contribution in [0.25, 0.3) is 16.7 Å². The van der Waals surface area contributed by atoms with Gasteiger partial charge >= 0.3 is 11.4 Å². The van der Waals surface area contributed by atoms with Crippen molar-refractivity contribution in [3.05, 3.63) is 84.9 Å². The molecule has 9 nitrogen and oxygen atoms in total. The maximum Gasteiger partial charge on any atom is 0.335 e. The molecule has 9 heteroatoms. The maximum atomic E-state index is 12.5. The molecule has 0 amide bonds. The summed E-state index contributed by atoms with van der Waals surface area (Å²) in [7, 11) is 0. The van der Waals surface area contributed by atoms with E-state index < -0.39 is 17.1 Å². The molecule has 4 rings (SSSR count). The third kappa shape index (κ3) is 3.37. The Kier molecular flexibility index (Phi) is 5.40. The number of imidazole rings is 1. The van der Waals surface area contributed by atoms with E-state index in [0.717, 1.165) is 21.2 Å². The highest BCUT2D eigenvalue weighted by atomic mass is 16.3. The minimum Gasteiger partial charge on any atom is -0.493 e. The van der Waals surface area contributed by atoms with Crippen molar-refractivity contribution in [1.29, 1.82) is 0 Å². The zero-order chi connectivity index (χ0) is 23.0. The Hall–Kier alpha value is -4.14. The molecule has 0 saturated heterocycles. The molecule has 2 N–H and O–H groups in total. The van der Waals surface area contributed by atoms with Crippen LogP contribution in [0, 0.1) is 6.92 Å². The third-order valence-electron chi connectivity index (χ3n) is 5.45. The van der Waals surface area contributed by atoms with Crippen LogP contribution in [0.2, 0.25) is 0 Å². The summed E-state index contributed by atoms with van der Waals surface area (Å²) in [5.41, 5.74) is 1.51. The van der Waals surface area contributed by atoms with Crippen LogP contribution in [0.1, 0.15) is 25.0 Å². The van der Waals surface area contributed by atoms with E-state index in [1.807, 2.05) is 19.9 Å². The van der Waals surface area contributed by atoms with E-state index in [1.54, 1.807) is 52.5 Å². The lowest BCUT2D eigenvalue weighted by molar-refractivity contribution is 0.430. The number of H-pyrrole nitrogens is 1. The molecule has 0 saturated carbocycles. The summed E-state index contributed by atoms with van der Waals surface area (Å²) in [6.45, 7) is 6.66. The predicted octanol–water partition coefficient (Wildman–Crippen LogP) is 2.45. The summed E-state index contributed by atoms with van der Waals surface area (Å²) in [6.07, 6.45) is 1.22. The van der Waals surface area contributed by atoms with Crippen molar-refractivity contribution in [2.24, 2.45) is 4.99 Å². The Balaban J connectivity index is 1.84. The fraction of sp³-hybridized carbons (Fsp3) is 0.217. The van der Waals surface area contributed by atoms with E-state index in [0.29, 0.717) is 24.5 Å². The van der Waals surface area contributed by atoms with Gasteiger partial charge in [0.25, 0.3) is 5.56 Å². The molecule has 2 aromatic carbocycles. The summed E-state index contributed by atoms with van der Waals surface area (Å²) in [5.74, 6) is -0.500. The van der Waals surface area contributed by atoms with Crippen LogP contribution in [0.15, 0.2) is 61.8 Å². The van der Waals surface area contributed by atoms with Crippen molar-refractivity contribution >= 4 is 22.9 Å². The molecule has 0 fully saturated rings. The molecule has 4 aromatic rings. The van der Waals surface area contributed by atoms with Crippen LogP contribution < -0.4 is 16.9 Å². The second-order valence-electron chi connectivity index (χ2n) is 7.32. The first-order valence-corrected chi connectivity index (χ1v) is 10.3. The number of para-hydroxylation sites is 1. The van der Waals surface area contributed by atoms with Gasteiger partial charge in [-0.15, -0.1) is 0 Å². The fourth-order valence-corrected chi connectivity index (χ4v) is 3.83. The molecule has 0 aliphatic heterocycles. The highest BCUT2D eigenvalue weighted by Crippen LogP contribution is 2.22. The number of aromatic nitrogens is 4. The van der Waals surface area contributed by atoms with Gasteiger partial charge in [-0.3, -0.25) is 23.9 Å². The second-order valence-corrected chi connectivity index (χ2v) is 7.32. The summed E-state index contributed by atoms with van der Waals surface area (Å²) in [6, 6.07) is 12.3. The zero-order valence-electron chi connectivity index (χ0n) is 18.0. The first-order chi connectivity index (χ1) is 15.4. The molecule has 32 heavy (non-hydrogen) atoms. The minimum absolute atomic E-state index is 0.0921. The van der Waals surface area contributed by atoms with E-state index in [2.05, 4.69) is 9.98 Å². The van der Waals surface area contributed by atoms with E-state index >= 15 is 0 Å². The predicted molar refractivity (Wildman–Crippen MR) is 124 cm³/mol. The fourth-order valence-electron chi connectivity index (χ4n) is 3.83. The van der Waals surface area contributed by atoms with Gasteiger partial charge < -0.3 is 5.11 Å². The van der Waals surface area contributed by atoms with Gasteiger partial charge in [0.15, 0.2) is 0 Å². The molecular formula is C23H23N5O4. The summed E-state index contributed by atoms with van der Waals surface area (Å²) in [4.78, 5) is 43.9. The number of aryl methyl sites for hydroxylation is 3. The van der Waals surface area contributed by atoms with Crippen molar-refractivity contribution in [3.8, 4) is 11.6 Å². The average molecular weight is 433 g/mol. The lowest BCUT2D eigenvalue weighted by Crippen LogP contribution is -2.31. The first-order valence-electron chi connectivity index (χ1n) is 10.3. The molecule has 0 radical (unpaired) electrons. The van der Waals surface area contributed by atoms with Gasteiger partial charge in [0, 0.05) is 19.3 Å². The first kappa shape index (κ1) is 21.1. The van der Waals surface area contributed by atoms with Crippen molar-refractivity contribution in [3.63, 3.8) is 0 Å². The minimum atomic E-state index is -0.746. The largest absolute Gasteiger partial charge is 0.493 e. The highest BCUT2D eigenvalue weighted by molar-refractivity contribution is 5.86. The Morgan fingerprint density at radius 3 is 2.38 bits per heavy atom. The van der Waals surface area contributed by atoms with Gasteiger partial charge in [0.1, 0.15) is 5.56 Å². The van der Waals surface area contributed by atoms with Gasteiger partial charge in [-0.2, -0.15) is 0 Å². The zero-order valence-corrected chi connectivity index (χ0v) is 18.0. The van der Waals surface area contributed by atoms with Gasteiger partial charge in [-0.25, -0.2) is 14.2 Å². The molecule has 164 valence electrons. The summed E-state index contributed by atoms with van der Waals surface area (Å²) >= 11 is 0. The smallest absolute Gasteiger partial charge is 0.335 e. The maximum absolute atomic E-state index is 12.5. The Morgan fingerprint density at radius 1 is 1.00 bits per heavy atom. The summed E-state index contributed by atoms with van der Waals surface area (Å²) < 4.78 is 4.37. The van der Waals surface area contributed by atoms with Crippen LogP contribution in [-0.4, -0.2) is 30.0 Å². The highest BCUT2D eigenvalue weighted by Gasteiger charge is 2.16. The van der Waals surface area contributed by atoms with Crippen LogP contribution in [0.5, 0.6) is 5.88 Å². The second kappa shape index (κ2) is 8.18. The molecule has 0 spiro atoms. The van der Waals surface area contributed by atoms with E-state index in [-0.39, 0.29) is 11.3 Å². The van der Waals surface area contributed by atoms with E-state index in [1.165, 1.54) is 6.21 Å². The molecule has 0 atom stereocenters.